The zero-order valence-electron chi connectivity index (χ0n) is 20.0. The topological polar surface area (TPSA) is 110 Å². The van der Waals surface area contributed by atoms with Crippen LogP contribution < -0.4 is 10.8 Å². The van der Waals surface area contributed by atoms with Gasteiger partial charge in [0.05, 0.1) is 26.7 Å². The van der Waals surface area contributed by atoms with Crippen molar-refractivity contribution >= 4 is 16.1 Å². The van der Waals surface area contributed by atoms with Gasteiger partial charge in [-0.25, -0.2) is 0 Å². The monoisotopic (exact) mass is 450 g/mol. The highest BCUT2D eigenvalue weighted by Crippen LogP contribution is 2.33. The standard InChI is InChI=1S/C22H46N2O5S/c1-6-7-8-9-10-11-12-13-14-15-17-20(2)24(4,5)22(3,21(25)26)30(27,28)29-19-16-18-23/h20H,6-19,23H2,1-5H3. The third-order valence-corrected chi connectivity index (χ3v) is 8.72. The summed E-state index contributed by atoms with van der Waals surface area (Å²) in [6, 6.07) is -0.185. The lowest BCUT2D eigenvalue weighted by Gasteiger charge is -2.49. The Morgan fingerprint density at radius 1 is 1.00 bits per heavy atom. The van der Waals surface area contributed by atoms with Gasteiger partial charge in [-0.05, 0) is 32.7 Å². The Bertz CT molecular complexity index is 580. The Morgan fingerprint density at radius 3 is 1.90 bits per heavy atom. The summed E-state index contributed by atoms with van der Waals surface area (Å²) in [4.78, 5) is 9.79. The molecule has 2 atom stereocenters. The van der Waals surface area contributed by atoms with Crippen molar-refractivity contribution in [3.8, 4) is 0 Å². The van der Waals surface area contributed by atoms with Gasteiger partial charge < -0.3 is 20.1 Å². The molecule has 0 saturated heterocycles. The predicted octanol–water partition coefficient (Wildman–Crippen LogP) is 2.92. The van der Waals surface area contributed by atoms with Crippen molar-refractivity contribution in [1.82, 2.24) is 0 Å². The molecule has 0 aromatic carbocycles. The Kier molecular flexibility index (Phi) is 14.0. The number of hydrogen-bond acceptors (Lipinski definition) is 6. The van der Waals surface area contributed by atoms with Crippen molar-refractivity contribution in [1.29, 1.82) is 0 Å². The predicted molar refractivity (Wildman–Crippen MR) is 120 cm³/mol. The van der Waals surface area contributed by atoms with Crippen LogP contribution in [0.15, 0.2) is 0 Å². The van der Waals surface area contributed by atoms with E-state index >= 15 is 0 Å². The summed E-state index contributed by atoms with van der Waals surface area (Å²) in [6.07, 6.45) is 13.3. The number of carbonyl (C=O) groups is 1. The Balaban J connectivity index is 4.68. The SMILES string of the molecule is CCCCCCCCCCCCC(C)[N+](C)(C)C(C)(C(=O)[O-])S(=O)(=O)OCCCN. The number of carboxylic acid groups (broad SMARTS) is 1. The molecule has 0 aliphatic carbocycles. The molecule has 7 nitrogen and oxygen atoms in total. The zero-order chi connectivity index (χ0) is 23.3. The minimum absolute atomic E-state index is 0.130. The molecule has 0 aliphatic rings. The second kappa shape index (κ2) is 14.4. The Hall–Kier alpha value is -0.700. The van der Waals surface area contributed by atoms with E-state index in [0.717, 1.165) is 25.7 Å². The van der Waals surface area contributed by atoms with Crippen LogP contribution in [-0.2, 0) is 19.1 Å². The number of unbranched alkanes of at least 4 members (excludes halogenated alkanes) is 9. The fourth-order valence-corrected chi connectivity index (χ4v) is 5.19. The molecule has 2 N–H and O–H groups in total. The largest absolute Gasteiger partial charge is 0.543 e. The van der Waals surface area contributed by atoms with Crippen molar-refractivity contribution in [2.45, 2.75) is 109 Å². The molecular weight excluding hydrogens is 404 g/mol. The second-order valence-electron chi connectivity index (χ2n) is 9.05. The van der Waals surface area contributed by atoms with Gasteiger partial charge in [0, 0.05) is 6.92 Å². The average Bonchev–Trinajstić information content (AvgIpc) is 2.68. The van der Waals surface area contributed by atoms with Gasteiger partial charge in [0.1, 0.15) is 5.97 Å². The normalized spacial score (nSPS) is 15.7. The number of likely N-dealkylation sites (N-methyl/N-ethyl adjacent to an activating group) is 1. The number of aliphatic carboxylic acids is 1. The van der Waals surface area contributed by atoms with E-state index in [4.69, 9.17) is 9.92 Å². The molecule has 0 aromatic heterocycles. The lowest BCUT2D eigenvalue weighted by atomic mass is 10.0. The molecule has 180 valence electrons. The fourth-order valence-electron chi connectivity index (χ4n) is 3.66. The molecule has 0 fully saturated rings. The van der Waals surface area contributed by atoms with Gasteiger partial charge in [-0.3, -0.25) is 4.18 Å². The van der Waals surface area contributed by atoms with Crippen molar-refractivity contribution in [3.05, 3.63) is 0 Å². The molecule has 0 rings (SSSR count). The van der Waals surface area contributed by atoms with Gasteiger partial charge in [-0.2, -0.15) is 8.42 Å². The smallest absolute Gasteiger partial charge is 0.330 e. The number of rotatable bonds is 19. The van der Waals surface area contributed by atoms with Gasteiger partial charge in [-0.15, -0.1) is 0 Å². The van der Waals surface area contributed by atoms with Gasteiger partial charge in [0.15, 0.2) is 0 Å². The third-order valence-electron chi connectivity index (χ3n) is 6.63. The summed E-state index contributed by atoms with van der Waals surface area (Å²) in [5.41, 5.74) is 5.38. The maximum absolute atomic E-state index is 12.8. The van der Waals surface area contributed by atoms with Crippen LogP contribution in [0.5, 0.6) is 0 Å². The lowest BCUT2D eigenvalue weighted by molar-refractivity contribution is -0.939. The maximum atomic E-state index is 12.8. The van der Waals surface area contributed by atoms with E-state index in [1.54, 1.807) is 14.1 Å². The second-order valence-corrected chi connectivity index (χ2v) is 11.0. The van der Waals surface area contributed by atoms with E-state index in [1.165, 1.54) is 51.9 Å². The first-order chi connectivity index (χ1) is 14.0. The van der Waals surface area contributed by atoms with Gasteiger partial charge in [-0.1, -0.05) is 64.7 Å². The first-order valence-corrected chi connectivity index (χ1v) is 13.0. The van der Waals surface area contributed by atoms with Crippen molar-refractivity contribution in [2.24, 2.45) is 5.73 Å². The highest BCUT2D eigenvalue weighted by molar-refractivity contribution is 7.88. The van der Waals surface area contributed by atoms with E-state index in [9.17, 15) is 18.3 Å². The summed E-state index contributed by atoms with van der Waals surface area (Å²) in [5, 5.41) is 12.0. The molecule has 0 heterocycles. The zero-order valence-corrected chi connectivity index (χ0v) is 20.8. The molecule has 0 saturated carbocycles. The fraction of sp³-hybridized carbons (Fsp3) is 0.955. The highest BCUT2D eigenvalue weighted by Gasteiger charge is 2.57. The van der Waals surface area contributed by atoms with Crippen molar-refractivity contribution < 1.29 is 27.0 Å². The molecule has 0 aliphatic heterocycles. The maximum Gasteiger partial charge on any atom is 0.330 e. The van der Waals surface area contributed by atoms with Crippen LogP contribution in [0.3, 0.4) is 0 Å². The minimum Gasteiger partial charge on any atom is -0.543 e. The van der Waals surface area contributed by atoms with Crippen LogP contribution in [0.1, 0.15) is 97.8 Å². The van der Waals surface area contributed by atoms with E-state index < -0.39 is 21.0 Å². The summed E-state index contributed by atoms with van der Waals surface area (Å²) in [6.45, 7) is 5.44. The highest BCUT2D eigenvalue weighted by atomic mass is 32.2. The van der Waals surface area contributed by atoms with E-state index in [0.29, 0.717) is 6.42 Å². The van der Waals surface area contributed by atoms with E-state index in [1.807, 2.05) is 6.92 Å². The molecule has 0 aromatic rings. The average molecular weight is 451 g/mol. The molecule has 8 heteroatoms. The van der Waals surface area contributed by atoms with Gasteiger partial charge in [0.25, 0.3) is 4.87 Å². The summed E-state index contributed by atoms with van der Waals surface area (Å²) in [5.74, 6) is -1.64. The van der Waals surface area contributed by atoms with Crippen LogP contribution in [0, 0.1) is 0 Å². The summed E-state index contributed by atoms with van der Waals surface area (Å²) >= 11 is 0. The number of hydrogen-bond donors (Lipinski definition) is 1. The first-order valence-electron chi connectivity index (χ1n) is 11.6. The van der Waals surface area contributed by atoms with Crippen molar-refractivity contribution in [2.75, 3.05) is 27.2 Å². The first kappa shape index (κ1) is 29.3. The van der Waals surface area contributed by atoms with Crippen molar-refractivity contribution in [3.63, 3.8) is 0 Å². The molecule has 0 radical (unpaired) electrons. The van der Waals surface area contributed by atoms with Crippen LogP contribution in [0.2, 0.25) is 0 Å². The van der Waals surface area contributed by atoms with Crippen LogP contribution >= 0.6 is 0 Å². The van der Waals surface area contributed by atoms with E-state index in [2.05, 4.69) is 6.92 Å². The van der Waals surface area contributed by atoms with Crippen LogP contribution in [-0.4, -0.2) is 57.0 Å². The lowest BCUT2D eigenvalue weighted by Crippen LogP contribution is -2.72. The van der Waals surface area contributed by atoms with Crippen LogP contribution in [0.4, 0.5) is 0 Å². The number of carboxylic acids is 1. The molecule has 2 unspecified atom stereocenters. The summed E-state index contributed by atoms with van der Waals surface area (Å²) < 4.78 is 30.3. The molecule has 30 heavy (non-hydrogen) atoms. The molecular formula is C22H46N2O5S. The number of nitrogens with two attached hydrogens (primary N) is 1. The summed E-state index contributed by atoms with van der Waals surface area (Å²) in [7, 11) is -1.14. The number of nitrogens with zero attached hydrogens (tertiary/aromatic N) is 1. The molecule has 0 bridgehead atoms. The minimum atomic E-state index is -4.39. The third kappa shape index (κ3) is 8.44. The number of carbonyl (C=O) groups excluding carboxylic acids is 1. The molecule has 0 amide bonds. The Morgan fingerprint density at radius 2 is 1.47 bits per heavy atom. The van der Waals surface area contributed by atoms with Gasteiger partial charge in [0.2, 0.25) is 0 Å². The van der Waals surface area contributed by atoms with E-state index in [-0.39, 0.29) is 23.7 Å². The number of quaternary nitrogens is 1. The van der Waals surface area contributed by atoms with Gasteiger partial charge >= 0.3 is 10.1 Å². The Labute approximate surface area is 185 Å². The molecule has 0 spiro atoms. The quantitative estimate of drug-likeness (QED) is 0.184. The van der Waals surface area contributed by atoms with Crippen LogP contribution in [0.25, 0.3) is 0 Å².